The second kappa shape index (κ2) is 5.41. The van der Waals surface area contributed by atoms with Gasteiger partial charge in [0.25, 0.3) is 0 Å². The summed E-state index contributed by atoms with van der Waals surface area (Å²) in [6.07, 6.45) is 0. The highest BCUT2D eigenvalue weighted by Gasteiger charge is 2.12. The molecule has 1 aromatic carbocycles. The standard InChI is InChI=1S/C12H7Cl3FNO/c13-6-3-7(12(15)8(14)4-6)10-2-1-9(16)11(5-18)17-10/h1-4,18H,5H2. The molecule has 2 nitrogen and oxygen atoms in total. The molecule has 1 heterocycles. The van der Waals surface area contributed by atoms with Crippen LogP contribution in [0.1, 0.15) is 5.69 Å². The number of benzene rings is 1. The lowest BCUT2D eigenvalue weighted by atomic mass is 10.1. The summed E-state index contributed by atoms with van der Waals surface area (Å²) in [5, 5.41) is 9.95. The highest BCUT2D eigenvalue weighted by atomic mass is 35.5. The van der Waals surface area contributed by atoms with Gasteiger partial charge < -0.3 is 5.11 Å². The van der Waals surface area contributed by atoms with Crippen LogP contribution >= 0.6 is 34.8 Å². The number of aliphatic hydroxyl groups is 1. The second-order valence-electron chi connectivity index (χ2n) is 3.53. The molecule has 94 valence electrons. The van der Waals surface area contributed by atoms with E-state index in [1.165, 1.54) is 18.2 Å². The molecule has 1 aromatic heterocycles. The van der Waals surface area contributed by atoms with Gasteiger partial charge in [-0.05, 0) is 24.3 Å². The van der Waals surface area contributed by atoms with Gasteiger partial charge in [0.15, 0.2) is 0 Å². The molecule has 0 aliphatic heterocycles. The Morgan fingerprint density at radius 3 is 2.56 bits per heavy atom. The number of rotatable bonds is 2. The predicted molar refractivity (Wildman–Crippen MR) is 70.6 cm³/mol. The molecule has 0 atom stereocenters. The molecule has 0 aliphatic rings. The third-order valence-electron chi connectivity index (χ3n) is 2.34. The zero-order valence-corrected chi connectivity index (χ0v) is 11.2. The van der Waals surface area contributed by atoms with Crippen molar-refractivity contribution in [2.75, 3.05) is 0 Å². The summed E-state index contributed by atoms with van der Waals surface area (Å²) in [5.41, 5.74) is 0.832. The molecule has 0 saturated heterocycles. The molecule has 0 unspecified atom stereocenters. The predicted octanol–water partition coefficient (Wildman–Crippen LogP) is 4.34. The summed E-state index contributed by atoms with van der Waals surface area (Å²) < 4.78 is 13.2. The van der Waals surface area contributed by atoms with Crippen LogP contribution < -0.4 is 0 Å². The fourth-order valence-electron chi connectivity index (χ4n) is 1.49. The van der Waals surface area contributed by atoms with Gasteiger partial charge >= 0.3 is 0 Å². The van der Waals surface area contributed by atoms with Crippen LogP contribution in [0.25, 0.3) is 11.3 Å². The molecular weight excluding hydrogens is 299 g/mol. The van der Waals surface area contributed by atoms with Crippen LogP contribution in [0, 0.1) is 5.82 Å². The van der Waals surface area contributed by atoms with E-state index in [4.69, 9.17) is 39.9 Å². The number of nitrogens with zero attached hydrogens (tertiary/aromatic N) is 1. The van der Waals surface area contributed by atoms with Crippen molar-refractivity contribution >= 4 is 34.8 Å². The van der Waals surface area contributed by atoms with Crippen molar-refractivity contribution in [3.8, 4) is 11.3 Å². The third kappa shape index (κ3) is 2.59. The minimum Gasteiger partial charge on any atom is -0.390 e. The van der Waals surface area contributed by atoms with Crippen molar-refractivity contribution < 1.29 is 9.50 Å². The van der Waals surface area contributed by atoms with Gasteiger partial charge in [-0.1, -0.05) is 34.8 Å². The van der Waals surface area contributed by atoms with Crippen LogP contribution in [0.5, 0.6) is 0 Å². The van der Waals surface area contributed by atoms with Gasteiger partial charge in [0.2, 0.25) is 0 Å². The summed E-state index contributed by atoms with van der Waals surface area (Å²) in [5.74, 6) is -0.578. The summed E-state index contributed by atoms with van der Waals surface area (Å²) in [6.45, 7) is -0.494. The van der Waals surface area contributed by atoms with Crippen molar-refractivity contribution in [2.45, 2.75) is 6.61 Å². The first kappa shape index (κ1) is 13.6. The largest absolute Gasteiger partial charge is 0.390 e. The Labute approximate surface area is 118 Å². The Hall–Kier alpha value is -0.870. The average Bonchev–Trinajstić information content (AvgIpc) is 2.34. The van der Waals surface area contributed by atoms with E-state index in [0.717, 1.165) is 0 Å². The van der Waals surface area contributed by atoms with Gasteiger partial charge in [-0.3, -0.25) is 0 Å². The minimum atomic E-state index is -0.578. The van der Waals surface area contributed by atoms with Crippen molar-refractivity contribution in [3.05, 3.63) is 50.8 Å². The van der Waals surface area contributed by atoms with E-state index < -0.39 is 12.4 Å². The summed E-state index contributed by atoms with van der Waals surface area (Å²) in [7, 11) is 0. The van der Waals surface area contributed by atoms with Gasteiger partial charge in [-0.25, -0.2) is 9.37 Å². The summed E-state index contributed by atoms with van der Waals surface area (Å²) in [4.78, 5) is 3.98. The lowest BCUT2D eigenvalue weighted by Crippen LogP contribution is -1.97. The second-order valence-corrected chi connectivity index (χ2v) is 4.75. The van der Waals surface area contributed by atoms with Crippen LogP contribution in [-0.2, 0) is 6.61 Å². The van der Waals surface area contributed by atoms with Crippen LogP contribution in [0.2, 0.25) is 15.1 Å². The Kier molecular flexibility index (Phi) is 4.07. The number of aromatic nitrogens is 1. The average molecular weight is 307 g/mol. The number of pyridine rings is 1. The highest BCUT2D eigenvalue weighted by molar-refractivity contribution is 6.45. The number of halogens is 4. The normalized spacial score (nSPS) is 10.7. The Balaban J connectivity index is 2.62. The van der Waals surface area contributed by atoms with Crippen LogP contribution in [0.15, 0.2) is 24.3 Å². The lowest BCUT2D eigenvalue weighted by Gasteiger charge is -2.08. The molecule has 0 saturated carbocycles. The zero-order valence-electron chi connectivity index (χ0n) is 8.92. The van der Waals surface area contributed by atoms with Gasteiger partial charge in [-0.2, -0.15) is 0 Å². The molecule has 18 heavy (non-hydrogen) atoms. The molecule has 2 aromatic rings. The maximum Gasteiger partial charge on any atom is 0.147 e. The van der Waals surface area contributed by atoms with E-state index in [1.54, 1.807) is 6.07 Å². The van der Waals surface area contributed by atoms with Crippen molar-refractivity contribution in [1.29, 1.82) is 0 Å². The molecule has 0 bridgehead atoms. The van der Waals surface area contributed by atoms with E-state index in [-0.39, 0.29) is 15.7 Å². The Morgan fingerprint density at radius 1 is 1.17 bits per heavy atom. The Bertz CT molecular complexity index is 604. The highest BCUT2D eigenvalue weighted by Crippen LogP contribution is 2.35. The maximum absolute atomic E-state index is 13.2. The Morgan fingerprint density at radius 2 is 1.89 bits per heavy atom. The monoisotopic (exact) mass is 305 g/mol. The van der Waals surface area contributed by atoms with Crippen molar-refractivity contribution in [2.24, 2.45) is 0 Å². The first-order chi connectivity index (χ1) is 8.52. The number of hydrogen-bond acceptors (Lipinski definition) is 2. The van der Waals surface area contributed by atoms with Gasteiger partial charge in [-0.15, -0.1) is 0 Å². The topological polar surface area (TPSA) is 33.1 Å². The van der Waals surface area contributed by atoms with Gasteiger partial charge in [0, 0.05) is 10.6 Å². The quantitative estimate of drug-likeness (QED) is 0.837. The van der Waals surface area contributed by atoms with Crippen molar-refractivity contribution in [1.82, 2.24) is 4.98 Å². The molecule has 1 N–H and O–H groups in total. The van der Waals surface area contributed by atoms with E-state index in [0.29, 0.717) is 16.3 Å². The van der Waals surface area contributed by atoms with Crippen LogP contribution in [-0.4, -0.2) is 10.1 Å². The maximum atomic E-state index is 13.2. The van der Waals surface area contributed by atoms with Crippen molar-refractivity contribution in [3.63, 3.8) is 0 Å². The molecule has 0 aliphatic carbocycles. The summed E-state index contributed by atoms with van der Waals surface area (Å²) >= 11 is 17.8. The molecular formula is C12H7Cl3FNO. The molecule has 0 spiro atoms. The first-order valence-corrected chi connectivity index (χ1v) is 6.07. The SMILES string of the molecule is OCc1nc(-c2cc(Cl)cc(Cl)c2Cl)ccc1F. The number of aliphatic hydroxyl groups excluding tert-OH is 1. The fraction of sp³-hybridized carbons (Fsp3) is 0.0833. The first-order valence-electron chi connectivity index (χ1n) is 4.94. The lowest BCUT2D eigenvalue weighted by molar-refractivity contribution is 0.270. The third-order valence-corrected chi connectivity index (χ3v) is 3.36. The molecule has 6 heteroatoms. The van der Waals surface area contributed by atoms with Gasteiger partial charge in [0.05, 0.1) is 22.3 Å². The van der Waals surface area contributed by atoms with E-state index in [2.05, 4.69) is 4.98 Å². The van der Waals surface area contributed by atoms with E-state index in [9.17, 15) is 4.39 Å². The molecule has 0 fully saturated rings. The summed E-state index contributed by atoms with van der Waals surface area (Å²) in [6, 6.07) is 5.74. The molecule has 0 amide bonds. The number of hydrogen-bond donors (Lipinski definition) is 1. The minimum absolute atomic E-state index is 0.0559. The zero-order chi connectivity index (χ0) is 13.3. The van der Waals surface area contributed by atoms with E-state index >= 15 is 0 Å². The smallest absolute Gasteiger partial charge is 0.147 e. The van der Waals surface area contributed by atoms with Crippen LogP contribution in [0.3, 0.4) is 0 Å². The van der Waals surface area contributed by atoms with Crippen LogP contribution in [0.4, 0.5) is 4.39 Å². The molecule has 2 rings (SSSR count). The van der Waals surface area contributed by atoms with E-state index in [1.807, 2.05) is 0 Å². The van der Waals surface area contributed by atoms with Gasteiger partial charge in [0.1, 0.15) is 11.5 Å². The molecule has 0 radical (unpaired) electrons. The fourth-order valence-corrected chi connectivity index (χ4v) is 2.19.